The predicted octanol–water partition coefficient (Wildman–Crippen LogP) is 3.50. The maximum absolute atomic E-state index is 5.66. The summed E-state index contributed by atoms with van der Waals surface area (Å²) >= 11 is 0. The highest BCUT2D eigenvalue weighted by Crippen LogP contribution is 2.14. The summed E-state index contributed by atoms with van der Waals surface area (Å²) in [6.07, 6.45) is 4.71. The Balaban J connectivity index is 2.49. The first-order chi connectivity index (χ1) is 8.52. The van der Waals surface area contributed by atoms with Gasteiger partial charge in [-0.05, 0) is 49.3 Å². The molecule has 1 atom stereocenters. The molecule has 1 rings (SSSR count). The third-order valence-corrected chi connectivity index (χ3v) is 3.62. The molecule has 3 N–H and O–H groups in total. The second-order valence-electron chi connectivity index (χ2n) is 5.81. The van der Waals surface area contributed by atoms with Gasteiger partial charge in [0.2, 0.25) is 0 Å². The lowest BCUT2D eigenvalue weighted by Crippen LogP contribution is -2.36. The van der Waals surface area contributed by atoms with Gasteiger partial charge >= 0.3 is 0 Å². The Morgan fingerprint density at radius 2 is 1.83 bits per heavy atom. The maximum Gasteiger partial charge on any atom is 0.0250 e. The minimum absolute atomic E-state index is 0.394. The second-order valence-corrected chi connectivity index (χ2v) is 5.81. The minimum atomic E-state index is 0.394. The summed E-state index contributed by atoms with van der Waals surface area (Å²) in [5.74, 6) is 6.44. The number of rotatable bonds is 7. The van der Waals surface area contributed by atoms with E-state index >= 15 is 0 Å². The fourth-order valence-corrected chi connectivity index (χ4v) is 2.23. The van der Waals surface area contributed by atoms with Gasteiger partial charge in [-0.2, -0.15) is 0 Å². The first-order valence-corrected chi connectivity index (χ1v) is 7.05. The fraction of sp³-hybridized carbons (Fsp3) is 0.625. The van der Waals surface area contributed by atoms with Crippen molar-refractivity contribution in [2.24, 2.45) is 11.8 Å². The van der Waals surface area contributed by atoms with E-state index in [-0.39, 0.29) is 0 Å². The lowest BCUT2D eigenvalue weighted by Gasteiger charge is -2.17. The summed E-state index contributed by atoms with van der Waals surface area (Å²) < 4.78 is 0. The van der Waals surface area contributed by atoms with Gasteiger partial charge in [0.1, 0.15) is 0 Å². The van der Waals surface area contributed by atoms with E-state index in [2.05, 4.69) is 51.3 Å². The molecule has 18 heavy (non-hydrogen) atoms. The van der Waals surface area contributed by atoms with Crippen LogP contribution in [0.3, 0.4) is 0 Å². The van der Waals surface area contributed by atoms with E-state index in [1.54, 1.807) is 0 Å². The third-order valence-electron chi connectivity index (χ3n) is 3.62. The first-order valence-electron chi connectivity index (χ1n) is 7.05. The first kappa shape index (κ1) is 15.2. The van der Waals surface area contributed by atoms with E-state index in [0.29, 0.717) is 6.04 Å². The van der Waals surface area contributed by atoms with Crippen molar-refractivity contribution in [3.63, 3.8) is 0 Å². The van der Waals surface area contributed by atoms with Crippen LogP contribution in [0.4, 0.5) is 0 Å². The number of aryl methyl sites for hydroxylation is 2. The van der Waals surface area contributed by atoms with Crippen LogP contribution >= 0.6 is 0 Å². The van der Waals surface area contributed by atoms with E-state index in [1.807, 2.05) is 0 Å². The molecule has 0 spiro atoms. The lowest BCUT2D eigenvalue weighted by atomic mass is 9.97. The molecule has 0 saturated heterocycles. The molecule has 0 bridgehead atoms. The van der Waals surface area contributed by atoms with E-state index in [4.69, 9.17) is 5.84 Å². The van der Waals surface area contributed by atoms with Crippen LogP contribution in [0.25, 0.3) is 0 Å². The molecule has 1 aromatic rings. The number of hydrogen-bond acceptors (Lipinski definition) is 2. The van der Waals surface area contributed by atoms with E-state index in [9.17, 15) is 0 Å². The van der Waals surface area contributed by atoms with Crippen LogP contribution in [0.1, 0.15) is 49.8 Å². The van der Waals surface area contributed by atoms with Crippen LogP contribution in [-0.4, -0.2) is 6.04 Å². The molecule has 0 fully saturated rings. The van der Waals surface area contributed by atoms with E-state index in [1.165, 1.54) is 29.5 Å². The molecular weight excluding hydrogens is 220 g/mol. The average Bonchev–Trinajstić information content (AvgIpc) is 2.32. The van der Waals surface area contributed by atoms with Crippen molar-refractivity contribution in [3.05, 3.63) is 34.9 Å². The molecule has 0 aliphatic heterocycles. The van der Waals surface area contributed by atoms with Gasteiger partial charge < -0.3 is 0 Å². The van der Waals surface area contributed by atoms with Crippen LogP contribution in [0.2, 0.25) is 0 Å². The predicted molar refractivity (Wildman–Crippen MR) is 79.4 cm³/mol. The quantitative estimate of drug-likeness (QED) is 0.572. The van der Waals surface area contributed by atoms with Crippen molar-refractivity contribution >= 4 is 0 Å². The summed E-state index contributed by atoms with van der Waals surface area (Å²) in [5.41, 5.74) is 7.06. The number of benzene rings is 1. The van der Waals surface area contributed by atoms with Crippen molar-refractivity contribution in [2.75, 3.05) is 0 Å². The van der Waals surface area contributed by atoms with Gasteiger partial charge in [0.25, 0.3) is 0 Å². The summed E-state index contributed by atoms with van der Waals surface area (Å²) in [6.45, 7) is 8.87. The zero-order valence-electron chi connectivity index (χ0n) is 12.3. The molecular formula is C16H28N2. The van der Waals surface area contributed by atoms with Crippen LogP contribution in [0.5, 0.6) is 0 Å². The number of nitrogens with two attached hydrogens (primary N) is 1. The molecule has 0 aliphatic rings. The van der Waals surface area contributed by atoms with Gasteiger partial charge in [-0.1, -0.05) is 44.9 Å². The topological polar surface area (TPSA) is 38.0 Å². The summed E-state index contributed by atoms with van der Waals surface area (Å²) in [6, 6.07) is 7.09. The molecule has 0 radical (unpaired) electrons. The van der Waals surface area contributed by atoms with Gasteiger partial charge in [0, 0.05) is 6.04 Å². The van der Waals surface area contributed by atoms with Gasteiger partial charge in [-0.25, -0.2) is 0 Å². The molecule has 2 nitrogen and oxygen atoms in total. The second kappa shape index (κ2) is 7.55. The molecule has 0 aromatic heterocycles. The largest absolute Gasteiger partial charge is 0.271 e. The third kappa shape index (κ3) is 5.19. The van der Waals surface area contributed by atoms with Crippen molar-refractivity contribution in [3.8, 4) is 0 Å². The maximum atomic E-state index is 5.66. The molecule has 0 amide bonds. The Hall–Kier alpha value is -0.860. The molecule has 0 aliphatic carbocycles. The van der Waals surface area contributed by atoms with Crippen LogP contribution in [0.15, 0.2) is 18.2 Å². The number of nitrogens with one attached hydrogen (secondary N) is 1. The average molecular weight is 248 g/mol. The zero-order valence-corrected chi connectivity index (χ0v) is 12.3. The Morgan fingerprint density at radius 3 is 2.39 bits per heavy atom. The zero-order chi connectivity index (χ0) is 13.5. The molecule has 0 heterocycles. The Bertz CT molecular complexity index is 358. The Kier molecular flexibility index (Phi) is 6.37. The van der Waals surface area contributed by atoms with E-state index in [0.717, 1.165) is 18.8 Å². The van der Waals surface area contributed by atoms with Gasteiger partial charge in [0.15, 0.2) is 0 Å². The Labute approximate surface area is 112 Å². The highest BCUT2D eigenvalue weighted by Gasteiger charge is 2.08. The SMILES string of the molecule is Cc1ccc(CC(CCCC(C)C)NN)cc1C. The smallest absolute Gasteiger partial charge is 0.0250 e. The van der Waals surface area contributed by atoms with Gasteiger partial charge in [-0.15, -0.1) is 0 Å². The highest BCUT2D eigenvalue weighted by molar-refractivity contribution is 5.30. The van der Waals surface area contributed by atoms with Crippen molar-refractivity contribution in [1.82, 2.24) is 5.43 Å². The molecule has 1 aromatic carbocycles. The van der Waals surface area contributed by atoms with Crippen LogP contribution in [-0.2, 0) is 6.42 Å². The summed E-state index contributed by atoms with van der Waals surface area (Å²) in [7, 11) is 0. The van der Waals surface area contributed by atoms with Gasteiger partial charge in [0.05, 0.1) is 0 Å². The van der Waals surface area contributed by atoms with E-state index < -0.39 is 0 Å². The molecule has 102 valence electrons. The minimum Gasteiger partial charge on any atom is -0.271 e. The van der Waals surface area contributed by atoms with Crippen molar-refractivity contribution in [2.45, 2.75) is 59.4 Å². The van der Waals surface area contributed by atoms with Crippen LogP contribution in [0, 0.1) is 19.8 Å². The normalized spacial score (nSPS) is 13.0. The van der Waals surface area contributed by atoms with Gasteiger partial charge in [-0.3, -0.25) is 11.3 Å². The molecule has 1 unspecified atom stereocenters. The number of hydrogen-bond donors (Lipinski definition) is 2. The monoisotopic (exact) mass is 248 g/mol. The molecule has 2 heteroatoms. The van der Waals surface area contributed by atoms with Crippen LogP contribution < -0.4 is 11.3 Å². The molecule has 0 saturated carbocycles. The van der Waals surface area contributed by atoms with Crippen molar-refractivity contribution in [1.29, 1.82) is 0 Å². The summed E-state index contributed by atoms with van der Waals surface area (Å²) in [4.78, 5) is 0. The summed E-state index contributed by atoms with van der Waals surface area (Å²) in [5, 5.41) is 0. The highest BCUT2D eigenvalue weighted by atomic mass is 15.2. The van der Waals surface area contributed by atoms with Crippen molar-refractivity contribution < 1.29 is 0 Å². The number of hydrazine groups is 1. The standard InChI is InChI=1S/C16H28N2/c1-12(2)6-5-7-16(18-17)11-15-9-8-13(3)14(4)10-15/h8-10,12,16,18H,5-7,11,17H2,1-4H3. The Morgan fingerprint density at radius 1 is 1.11 bits per heavy atom. The lowest BCUT2D eigenvalue weighted by molar-refractivity contribution is 0.441. The fourth-order valence-electron chi connectivity index (χ4n) is 2.23.